The number of anilines is 1. The normalized spacial score (nSPS) is 26.5. The molecule has 1 N–H and O–H groups in total. The highest BCUT2D eigenvalue weighted by molar-refractivity contribution is 7.85. The lowest BCUT2D eigenvalue weighted by Gasteiger charge is -2.24. The minimum atomic E-state index is -0.591. The van der Waals surface area contributed by atoms with E-state index in [9.17, 15) is 4.21 Å². The van der Waals surface area contributed by atoms with E-state index in [-0.39, 0.29) is 0 Å². The first kappa shape index (κ1) is 10.7. The summed E-state index contributed by atoms with van der Waals surface area (Å²) in [7, 11) is 1.30. The average molecular weight is 227 g/mol. The van der Waals surface area contributed by atoms with Crippen molar-refractivity contribution in [3.63, 3.8) is 0 Å². The minimum absolute atomic E-state index is 0.464. The molecule has 0 saturated carbocycles. The molecule has 1 aliphatic heterocycles. The molecule has 2 heterocycles. The molecule has 0 aromatic carbocycles. The number of aromatic nitrogens is 2. The van der Waals surface area contributed by atoms with Gasteiger partial charge in [0.25, 0.3) is 0 Å². The van der Waals surface area contributed by atoms with Crippen molar-refractivity contribution in [3.05, 3.63) is 11.9 Å². The van der Waals surface area contributed by atoms with E-state index in [2.05, 4.69) is 21.1 Å². The molecule has 2 rings (SSSR count). The van der Waals surface area contributed by atoms with Gasteiger partial charge in [0.15, 0.2) is 0 Å². The van der Waals surface area contributed by atoms with Crippen LogP contribution in [0.25, 0.3) is 0 Å². The maximum Gasteiger partial charge on any atom is 0.203 e. The number of nitrogens with zero attached hydrogens (tertiary/aromatic N) is 2. The number of nitrogens with one attached hydrogen (secondary N) is 1. The molecule has 0 unspecified atom stereocenters. The van der Waals surface area contributed by atoms with E-state index in [1.807, 2.05) is 14.0 Å². The first-order valence-electron chi connectivity index (χ1n) is 5.29. The van der Waals surface area contributed by atoms with Crippen LogP contribution in [0.3, 0.4) is 0 Å². The van der Waals surface area contributed by atoms with Crippen LogP contribution in [0.4, 0.5) is 5.95 Å². The summed E-state index contributed by atoms with van der Waals surface area (Å²) in [5.41, 5.74) is 1.03. The van der Waals surface area contributed by atoms with Crippen LogP contribution in [0.2, 0.25) is 0 Å². The first-order chi connectivity index (χ1) is 7.20. The third-order valence-corrected chi connectivity index (χ3v) is 4.21. The molecule has 1 aliphatic rings. The quantitative estimate of drug-likeness (QED) is 0.829. The van der Waals surface area contributed by atoms with Crippen molar-refractivity contribution in [2.45, 2.75) is 25.8 Å². The molecule has 15 heavy (non-hydrogen) atoms. The van der Waals surface area contributed by atoms with E-state index >= 15 is 0 Å². The van der Waals surface area contributed by atoms with Crippen LogP contribution in [-0.2, 0) is 10.8 Å². The van der Waals surface area contributed by atoms with Gasteiger partial charge in [0, 0.05) is 41.6 Å². The lowest BCUT2D eigenvalue weighted by Crippen LogP contribution is -2.22. The van der Waals surface area contributed by atoms with Crippen LogP contribution in [0.5, 0.6) is 0 Å². The third-order valence-electron chi connectivity index (χ3n) is 2.83. The Balaban J connectivity index is 2.17. The van der Waals surface area contributed by atoms with Gasteiger partial charge in [-0.2, -0.15) is 0 Å². The molecule has 4 nitrogen and oxygen atoms in total. The van der Waals surface area contributed by atoms with E-state index in [1.54, 1.807) is 0 Å². The summed E-state index contributed by atoms with van der Waals surface area (Å²) in [5, 5.41) is 3.10. The SMILES string of the molecule is CNc1nc(C)cn1C1CCS(=O)CC1. The van der Waals surface area contributed by atoms with Crippen LogP contribution in [-0.4, -0.2) is 32.3 Å². The molecule has 1 fully saturated rings. The van der Waals surface area contributed by atoms with E-state index in [0.29, 0.717) is 6.04 Å². The van der Waals surface area contributed by atoms with Gasteiger partial charge in [-0.25, -0.2) is 4.98 Å². The van der Waals surface area contributed by atoms with Gasteiger partial charge in [-0.1, -0.05) is 0 Å². The van der Waals surface area contributed by atoms with Crippen LogP contribution < -0.4 is 5.32 Å². The maximum atomic E-state index is 11.3. The van der Waals surface area contributed by atoms with Gasteiger partial charge in [-0.3, -0.25) is 4.21 Å². The molecule has 5 heteroatoms. The molecular weight excluding hydrogens is 210 g/mol. The Kier molecular flexibility index (Phi) is 3.09. The number of hydrogen-bond donors (Lipinski definition) is 1. The zero-order valence-corrected chi connectivity index (χ0v) is 10.0. The molecule has 0 amide bonds. The van der Waals surface area contributed by atoms with Gasteiger partial charge < -0.3 is 9.88 Å². The second-order valence-corrected chi connectivity index (χ2v) is 5.64. The highest BCUT2D eigenvalue weighted by Gasteiger charge is 2.21. The molecule has 0 aliphatic carbocycles. The maximum absolute atomic E-state index is 11.3. The van der Waals surface area contributed by atoms with Crippen molar-refractivity contribution in [1.29, 1.82) is 0 Å². The van der Waals surface area contributed by atoms with Gasteiger partial charge in [0.2, 0.25) is 5.95 Å². The van der Waals surface area contributed by atoms with Crippen molar-refractivity contribution in [1.82, 2.24) is 9.55 Å². The van der Waals surface area contributed by atoms with E-state index in [1.165, 1.54) is 0 Å². The predicted molar refractivity (Wildman–Crippen MR) is 62.7 cm³/mol. The van der Waals surface area contributed by atoms with E-state index in [4.69, 9.17) is 0 Å². The highest BCUT2D eigenvalue weighted by Crippen LogP contribution is 2.25. The summed E-state index contributed by atoms with van der Waals surface area (Å²) in [6, 6.07) is 0.464. The summed E-state index contributed by atoms with van der Waals surface area (Å²) in [5.74, 6) is 2.57. The highest BCUT2D eigenvalue weighted by atomic mass is 32.2. The average Bonchev–Trinajstić information content (AvgIpc) is 2.61. The summed E-state index contributed by atoms with van der Waals surface area (Å²) in [6.45, 7) is 2.00. The number of imidazole rings is 1. The van der Waals surface area contributed by atoms with Gasteiger partial charge in [-0.05, 0) is 19.8 Å². The van der Waals surface area contributed by atoms with Crippen molar-refractivity contribution in [2.75, 3.05) is 23.9 Å². The van der Waals surface area contributed by atoms with E-state index < -0.39 is 10.8 Å². The number of rotatable bonds is 2. The van der Waals surface area contributed by atoms with E-state index in [0.717, 1.165) is 36.0 Å². The molecule has 0 spiro atoms. The van der Waals surface area contributed by atoms with Crippen LogP contribution in [0.15, 0.2) is 6.20 Å². The fourth-order valence-corrected chi connectivity index (χ4v) is 3.31. The lowest BCUT2D eigenvalue weighted by molar-refractivity contribution is 0.466. The van der Waals surface area contributed by atoms with Crippen LogP contribution in [0.1, 0.15) is 24.6 Å². The Morgan fingerprint density at radius 2 is 2.20 bits per heavy atom. The molecule has 0 radical (unpaired) electrons. The molecule has 1 aromatic heterocycles. The fourth-order valence-electron chi connectivity index (χ4n) is 2.04. The second kappa shape index (κ2) is 4.35. The zero-order valence-electron chi connectivity index (χ0n) is 9.19. The summed E-state index contributed by atoms with van der Waals surface area (Å²) < 4.78 is 13.5. The van der Waals surface area contributed by atoms with Gasteiger partial charge in [0.05, 0.1) is 5.69 Å². The first-order valence-corrected chi connectivity index (χ1v) is 6.77. The van der Waals surface area contributed by atoms with Crippen molar-refractivity contribution >= 4 is 16.7 Å². The van der Waals surface area contributed by atoms with Crippen LogP contribution in [0, 0.1) is 6.92 Å². The monoisotopic (exact) mass is 227 g/mol. The van der Waals surface area contributed by atoms with Gasteiger partial charge >= 0.3 is 0 Å². The number of hydrogen-bond acceptors (Lipinski definition) is 3. The molecule has 84 valence electrons. The summed E-state index contributed by atoms with van der Waals surface area (Å²) in [6.07, 6.45) is 4.07. The summed E-state index contributed by atoms with van der Waals surface area (Å²) in [4.78, 5) is 4.40. The zero-order chi connectivity index (χ0) is 10.8. The fraction of sp³-hybridized carbons (Fsp3) is 0.700. The summed E-state index contributed by atoms with van der Waals surface area (Å²) >= 11 is 0. The van der Waals surface area contributed by atoms with Crippen molar-refractivity contribution in [2.24, 2.45) is 0 Å². The Morgan fingerprint density at radius 1 is 1.53 bits per heavy atom. The lowest BCUT2D eigenvalue weighted by atomic mass is 10.1. The van der Waals surface area contributed by atoms with Crippen molar-refractivity contribution < 1.29 is 4.21 Å². The van der Waals surface area contributed by atoms with Crippen molar-refractivity contribution in [3.8, 4) is 0 Å². The van der Waals surface area contributed by atoms with Gasteiger partial charge in [0.1, 0.15) is 0 Å². The smallest absolute Gasteiger partial charge is 0.203 e. The topological polar surface area (TPSA) is 46.9 Å². The molecule has 1 aromatic rings. The Bertz CT molecular complexity index is 365. The van der Waals surface area contributed by atoms with Gasteiger partial charge in [-0.15, -0.1) is 0 Å². The molecule has 0 bridgehead atoms. The standard InChI is InChI=1S/C10H17N3OS/c1-8-7-13(10(11-2)12-8)9-3-5-15(14)6-4-9/h7,9H,3-6H2,1-2H3,(H,11,12). The van der Waals surface area contributed by atoms with Crippen LogP contribution >= 0.6 is 0 Å². The number of aryl methyl sites for hydroxylation is 1. The predicted octanol–water partition coefficient (Wildman–Crippen LogP) is 1.32. The molecular formula is C10H17N3OS. The Hall–Kier alpha value is -0.840. The largest absolute Gasteiger partial charge is 0.359 e. The molecule has 0 atom stereocenters. The molecule has 1 saturated heterocycles. The Morgan fingerprint density at radius 3 is 2.80 bits per heavy atom. The Labute approximate surface area is 92.5 Å². The minimum Gasteiger partial charge on any atom is -0.359 e. The second-order valence-electron chi connectivity index (χ2n) is 3.94. The third kappa shape index (κ3) is 2.22.